The molecule has 0 amide bonds. The number of hydrogen-bond acceptors (Lipinski definition) is 2. The van der Waals surface area contributed by atoms with Gasteiger partial charge in [0.15, 0.2) is 0 Å². The van der Waals surface area contributed by atoms with Crippen LogP contribution in [-0.2, 0) is 0 Å². The second kappa shape index (κ2) is 8.08. The van der Waals surface area contributed by atoms with Crippen LogP contribution in [0.3, 0.4) is 0 Å². The highest BCUT2D eigenvalue weighted by molar-refractivity contribution is 4.71. The Morgan fingerprint density at radius 2 is 1.19 bits per heavy atom. The largest absolute Gasteiger partial charge is 0.327 e. The van der Waals surface area contributed by atoms with Gasteiger partial charge in [-0.15, -0.1) is 0 Å². The van der Waals surface area contributed by atoms with Gasteiger partial charge in [-0.25, -0.2) is 0 Å². The van der Waals surface area contributed by atoms with Crippen molar-refractivity contribution >= 4 is 0 Å². The normalized spacial score (nSPS) is 14.4. The maximum atomic E-state index is 6.19. The first-order valence-corrected chi connectivity index (χ1v) is 6.79. The van der Waals surface area contributed by atoms with E-state index in [2.05, 4.69) is 46.4 Å². The van der Waals surface area contributed by atoms with Crippen LogP contribution < -0.4 is 5.73 Å². The minimum absolute atomic E-state index is 0.331. The van der Waals surface area contributed by atoms with Crippen LogP contribution in [0, 0.1) is 17.8 Å². The summed E-state index contributed by atoms with van der Waals surface area (Å²) in [6.45, 7) is 17.0. The van der Waals surface area contributed by atoms with E-state index in [0.717, 1.165) is 24.8 Å². The average Bonchev–Trinajstić information content (AvgIpc) is 1.97. The van der Waals surface area contributed by atoms with E-state index < -0.39 is 0 Å². The maximum Gasteiger partial charge on any atom is 0.0170 e. The maximum absolute atomic E-state index is 6.19. The fourth-order valence-electron chi connectivity index (χ4n) is 2.27. The van der Waals surface area contributed by atoms with Crippen molar-refractivity contribution in [3.05, 3.63) is 0 Å². The predicted molar refractivity (Wildman–Crippen MR) is 73.5 cm³/mol. The van der Waals surface area contributed by atoms with Crippen molar-refractivity contribution in [2.45, 2.75) is 54.0 Å². The lowest BCUT2D eigenvalue weighted by molar-refractivity contribution is 0.200. The summed E-state index contributed by atoms with van der Waals surface area (Å²) in [6.07, 6.45) is 1.13. The van der Waals surface area contributed by atoms with Crippen molar-refractivity contribution in [2.75, 3.05) is 19.6 Å². The van der Waals surface area contributed by atoms with Gasteiger partial charge in [0, 0.05) is 25.7 Å². The second-order valence-electron chi connectivity index (χ2n) is 6.40. The lowest BCUT2D eigenvalue weighted by Crippen LogP contribution is -2.41. The van der Waals surface area contributed by atoms with Crippen LogP contribution in [-0.4, -0.2) is 30.6 Å². The molecule has 0 aromatic carbocycles. The first kappa shape index (κ1) is 15.9. The van der Waals surface area contributed by atoms with E-state index >= 15 is 0 Å². The molecule has 0 aromatic heterocycles. The van der Waals surface area contributed by atoms with E-state index in [9.17, 15) is 0 Å². The standard InChI is InChI=1S/C14H32N2/c1-11(2)7-14(15)10-16(8-12(3)4)9-13(5)6/h11-14H,7-10,15H2,1-6H3. The highest BCUT2D eigenvalue weighted by Crippen LogP contribution is 2.08. The fraction of sp³-hybridized carbons (Fsp3) is 1.00. The van der Waals surface area contributed by atoms with Crippen molar-refractivity contribution in [1.82, 2.24) is 4.90 Å². The summed E-state index contributed by atoms with van der Waals surface area (Å²) in [6, 6.07) is 0.331. The molecule has 0 spiro atoms. The molecule has 0 heterocycles. The zero-order valence-electron chi connectivity index (χ0n) is 12.2. The van der Waals surface area contributed by atoms with E-state index in [1.54, 1.807) is 0 Å². The van der Waals surface area contributed by atoms with Gasteiger partial charge in [-0.2, -0.15) is 0 Å². The molecule has 16 heavy (non-hydrogen) atoms. The number of nitrogens with zero attached hydrogens (tertiary/aromatic N) is 1. The SMILES string of the molecule is CC(C)CC(N)CN(CC(C)C)CC(C)C. The lowest BCUT2D eigenvalue weighted by atomic mass is 10.0. The van der Waals surface area contributed by atoms with E-state index in [1.165, 1.54) is 13.1 Å². The molecular formula is C14H32N2. The molecule has 0 radical (unpaired) electrons. The summed E-state index contributed by atoms with van der Waals surface area (Å²) in [4.78, 5) is 2.53. The van der Waals surface area contributed by atoms with Crippen LogP contribution in [0.1, 0.15) is 48.0 Å². The van der Waals surface area contributed by atoms with Crippen LogP contribution in [0.15, 0.2) is 0 Å². The molecule has 0 saturated heterocycles. The number of rotatable bonds is 8. The van der Waals surface area contributed by atoms with Crippen LogP contribution in [0.2, 0.25) is 0 Å². The Hall–Kier alpha value is -0.0800. The zero-order valence-corrected chi connectivity index (χ0v) is 12.2. The number of nitrogens with two attached hydrogens (primary N) is 1. The molecule has 0 fully saturated rings. The molecular weight excluding hydrogens is 196 g/mol. The van der Waals surface area contributed by atoms with Gasteiger partial charge in [0.1, 0.15) is 0 Å². The molecule has 0 aliphatic carbocycles. The van der Waals surface area contributed by atoms with Crippen molar-refractivity contribution < 1.29 is 0 Å². The summed E-state index contributed by atoms with van der Waals surface area (Å²) < 4.78 is 0. The molecule has 98 valence electrons. The van der Waals surface area contributed by atoms with Gasteiger partial charge in [0.2, 0.25) is 0 Å². The molecule has 0 saturated carbocycles. The smallest absolute Gasteiger partial charge is 0.0170 e. The van der Waals surface area contributed by atoms with Gasteiger partial charge in [0.25, 0.3) is 0 Å². The Morgan fingerprint density at radius 3 is 1.50 bits per heavy atom. The minimum Gasteiger partial charge on any atom is -0.327 e. The highest BCUT2D eigenvalue weighted by atomic mass is 15.1. The zero-order chi connectivity index (χ0) is 12.7. The first-order chi connectivity index (χ1) is 7.31. The van der Waals surface area contributed by atoms with E-state index in [1.807, 2.05) is 0 Å². The van der Waals surface area contributed by atoms with Crippen molar-refractivity contribution in [3.63, 3.8) is 0 Å². The minimum atomic E-state index is 0.331. The lowest BCUT2D eigenvalue weighted by Gasteiger charge is -2.29. The molecule has 2 nitrogen and oxygen atoms in total. The Labute approximate surface area is 103 Å². The van der Waals surface area contributed by atoms with Crippen LogP contribution in [0.5, 0.6) is 0 Å². The Morgan fingerprint density at radius 1 is 0.750 bits per heavy atom. The number of hydrogen-bond donors (Lipinski definition) is 1. The Balaban J connectivity index is 4.08. The predicted octanol–water partition coefficient (Wildman–Crippen LogP) is 2.97. The Bertz CT molecular complexity index is 154. The van der Waals surface area contributed by atoms with Gasteiger partial charge in [-0.1, -0.05) is 41.5 Å². The molecule has 0 aliphatic rings. The first-order valence-electron chi connectivity index (χ1n) is 6.79. The summed E-state index contributed by atoms with van der Waals surface area (Å²) in [5.74, 6) is 2.16. The summed E-state index contributed by atoms with van der Waals surface area (Å²) in [7, 11) is 0. The molecule has 0 aromatic rings. The molecule has 1 atom stereocenters. The molecule has 2 heteroatoms. The van der Waals surface area contributed by atoms with Gasteiger partial charge in [0.05, 0.1) is 0 Å². The van der Waals surface area contributed by atoms with Gasteiger partial charge in [-0.05, 0) is 24.2 Å². The van der Waals surface area contributed by atoms with E-state index in [4.69, 9.17) is 5.73 Å². The molecule has 2 N–H and O–H groups in total. The molecule has 1 unspecified atom stereocenters. The van der Waals surface area contributed by atoms with Crippen LogP contribution in [0.25, 0.3) is 0 Å². The highest BCUT2D eigenvalue weighted by Gasteiger charge is 2.14. The third kappa shape index (κ3) is 9.17. The van der Waals surface area contributed by atoms with Crippen molar-refractivity contribution in [3.8, 4) is 0 Å². The van der Waals surface area contributed by atoms with Crippen molar-refractivity contribution in [1.29, 1.82) is 0 Å². The monoisotopic (exact) mass is 228 g/mol. The van der Waals surface area contributed by atoms with Gasteiger partial charge in [-0.3, -0.25) is 0 Å². The van der Waals surface area contributed by atoms with Crippen LogP contribution in [0.4, 0.5) is 0 Å². The summed E-state index contributed by atoms with van der Waals surface area (Å²) >= 11 is 0. The quantitative estimate of drug-likeness (QED) is 0.692. The summed E-state index contributed by atoms with van der Waals surface area (Å²) in [5.41, 5.74) is 6.19. The molecule has 0 bridgehead atoms. The third-order valence-electron chi connectivity index (χ3n) is 2.51. The van der Waals surface area contributed by atoms with Crippen LogP contribution >= 0.6 is 0 Å². The van der Waals surface area contributed by atoms with E-state index in [0.29, 0.717) is 12.0 Å². The second-order valence-corrected chi connectivity index (χ2v) is 6.40. The Kier molecular flexibility index (Phi) is 8.04. The fourth-order valence-corrected chi connectivity index (χ4v) is 2.27. The summed E-state index contributed by atoms with van der Waals surface area (Å²) in [5, 5.41) is 0. The molecule has 0 rings (SSSR count). The van der Waals surface area contributed by atoms with Crippen molar-refractivity contribution in [2.24, 2.45) is 23.5 Å². The average molecular weight is 228 g/mol. The van der Waals surface area contributed by atoms with E-state index in [-0.39, 0.29) is 0 Å². The molecule has 0 aliphatic heterocycles. The topological polar surface area (TPSA) is 29.3 Å². The third-order valence-corrected chi connectivity index (χ3v) is 2.51. The van der Waals surface area contributed by atoms with Gasteiger partial charge < -0.3 is 10.6 Å². The van der Waals surface area contributed by atoms with Gasteiger partial charge >= 0.3 is 0 Å².